The summed E-state index contributed by atoms with van der Waals surface area (Å²) in [7, 11) is 0. The number of aliphatic hydroxyl groups excluding tert-OH is 5. The highest BCUT2D eigenvalue weighted by atomic mass is 16.7. The topological polar surface area (TPSA) is 211 Å². The molecule has 5 aliphatic rings. The second-order valence-corrected chi connectivity index (χ2v) is 17.4. The van der Waals surface area contributed by atoms with Crippen molar-refractivity contribution in [2.75, 3.05) is 6.61 Å². The molecule has 0 radical (unpaired) electrons. The molecular weight excluding hydrogens is 636 g/mol. The van der Waals surface area contributed by atoms with Crippen molar-refractivity contribution in [2.45, 2.75) is 142 Å². The lowest BCUT2D eigenvalue weighted by Crippen LogP contribution is -2.64. The molecule has 1 saturated heterocycles. The van der Waals surface area contributed by atoms with Crippen molar-refractivity contribution in [3.8, 4) is 0 Å². The monoisotopic (exact) mass is 692 g/mol. The van der Waals surface area contributed by atoms with Gasteiger partial charge in [0.1, 0.15) is 35.8 Å². The second kappa shape index (κ2) is 12.3. The highest BCUT2D eigenvalue weighted by molar-refractivity contribution is 6.02. The van der Waals surface area contributed by atoms with Gasteiger partial charge in [-0.25, -0.2) is 0 Å². The molecule has 5 rings (SSSR count). The molecule has 0 spiro atoms. The Bertz CT molecular complexity index is 1420. The number of ketones is 3. The fourth-order valence-corrected chi connectivity index (χ4v) is 10.4. The zero-order valence-electron chi connectivity index (χ0n) is 30.0. The number of hydrogen-bond donors (Lipinski definition) is 7. The van der Waals surface area contributed by atoms with Gasteiger partial charge in [-0.05, 0) is 83.1 Å². The third kappa shape index (κ3) is 5.69. The Morgan fingerprint density at radius 3 is 2.20 bits per heavy atom. The molecule has 3 fully saturated rings. The molecule has 0 amide bonds. The second-order valence-electron chi connectivity index (χ2n) is 17.4. The van der Waals surface area contributed by atoms with Crippen LogP contribution in [-0.4, -0.2) is 108 Å². The molecule has 12 heteroatoms. The third-order valence-electron chi connectivity index (χ3n) is 13.5. The summed E-state index contributed by atoms with van der Waals surface area (Å²) in [5.74, 6) is -3.10. The molecule has 4 aliphatic carbocycles. The normalized spacial score (nSPS) is 44.6. The number of Topliss-reactive ketones (excluding diaryl/α,β-unsaturated/α-hetero) is 3. The summed E-state index contributed by atoms with van der Waals surface area (Å²) in [4.78, 5) is 42.2. The van der Waals surface area contributed by atoms with Crippen molar-refractivity contribution in [3.63, 3.8) is 0 Å². The SMILES string of the molecule is CC(C)(O)CCCC(=O)C(C)(O)C1C(O)CC2(C)C3CC=C4C(C=C(OC5OC(CO)C(O)C(O)C5O)C(=O)C4(C)C)C3(C)C(=O)CC12C. The zero-order valence-corrected chi connectivity index (χ0v) is 30.0. The van der Waals surface area contributed by atoms with E-state index >= 15 is 0 Å². The number of carbonyl (C=O) groups excluding carboxylic acids is 3. The third-order valence-corrected chi connectivity index (χ3v) is 13.5. The number of carbonyl (C=O) groups is 3. The Labute approximate surface area is 288 Å². The van der Waals surface area contributed by atoms with E-state index in [1.54, 1.807) is 33.8 Å². The fraction of sp³-hybridized carbons (Fsp3) is 0.811. The summed E-state index contributed by atoms with van der Waals surface area (Å²) in [6.45, 7) is 13.3. The van der Waals surface area contributed by atoms with Crippen LogP contribution in [0.15, 0.2) is 23.5 Å². The van der Waals surface area contributed by atoms with Gasteiger partial charge in [0.2, 0.25) is 12.1 Å². The molecule has 13 unspecified atom stereocenters. The van der Waals surface area contributed by atoms with Gasteiger partial charge < -0.3 is 45.2 Å². The highest BCUT2D eigenvalue weighted by Crippen LogP contribution is 2.74. The Morgan fingerprint density at radius 2 is 1.61 bits per heavy atom. The van der Waals surface area contributed by atoms with E-state index in [4.69, 9.17) is 9.47 Å². The lowest BCUT2D eigenvalue weighted by atomic mass is 9.39. The molecule has 0 aromatic rings. The fourth-order valence-electron chi connectivity index (χ4n) is 10.4. The quantitative estimate of drug-likeness (QED) is 0.171. The van der Waals surface area contributed by atoms with Gasteiger partial charge in [0.05, 0.1) is 23.7 Å². The van der Waals surface area contributed by atoms with Crippen molar-refractivity contribution in [1.29, 1.82) is 0 Å². The molecule has 2 saturated carbocycles. The Morgan fingerprint density at radius 1 is 0.980 bits per heavy atom. The molecule has 0 aromatic carbocycles. The van der Waals surface area contributed by atoms with Crippen LogP contribution in [0.4, 0.5) is 0 Å². The number of hydrogen-bond acceptors (Lipinski definition) is 12. The Kier molecular flexibility index (Phi) is 9.58. The van der Waals surface area contributed by atoms with E-state index in [2.05, 4.69) is 0 Å². The van der Waals surface area contributed by atoms with Crippen LogP contribution >= 0.6 is 0 Å². The standard InChI is InChI=1S/C37H56O12/c1-32(2,46)13-9-10-24(40)37(8,47)29-20(39)15-34(5)23-12-11-18-19(36(23,7)25(41)16-35(29,34)6)14-21(30(45)33(18,3)4)48-31-28(44)27(43)26(42)22(17-38)49-31/h11,14,19-20,22-23,26-29,31,38-39,42-44,46-47H,9-10,12-13,15-17H2,1-8H3. The van der Waals surface area contributed by atoms with Gasteiger partial charge in [0.15, 0.2) is 11.5 Å². The molecule has 1 heterocycles. The van der Waals surface area contributed by atoms with Gasteiger partial charge in [-0.3, -0.25) is 14.4 Å². The van der Waals surface area contributed by atoms with Gasteiger partial charge in [-0.1, -0.05) is 32.4 Å². The van der Waals surface area contributed by atoms with Gasteiger partial charge in [-0.15, -0.1) is 0 Å². The summed E-state index contributed by atoms with van der Waals surface area (Å²) in [5, 5.41) is 74.6. The van der Waals surface area contributed by atoms with E-state index in [0.717, 1.165) is 5.57 Å². The van der Waals surface area contributed by atoms with E-state index in [9.17, 15) is 50.1 Å². The smallest absolute Gasteiger partial charge is 0.229 e. The van der Waals surface area contributed by atoms with E-state index in [-0.39, 0.29) is 36.7 Å². The van der Waals surface area contributed by atoms with Crippen LogP contribution in [0.5, 0.6) is 0 Å². The number of ether oxygens (including phenoxy) is 2. The first-order valence-electron chi connectivity index (χ1n) is 17.5. The van der Waals surface area contributed by atoms with E-state index in [0.29, 0.717) is 19.3 Å². The molecule has 49 heavy (non-hydrogen) atoms. The number of fused-ring (bicyclic) bond motifs is 5. The van der Waals surface area contributed by atoms with Crippen LogP contribution in [-0.2, 0) is 23.9 Å². The number of rotatable bonds is 9. The molecule has 12 nitrogen and oxygen atoms in total. The zero-order chi connectivity index (χ0) is 36.9. The lowest BCUT2D eigenvalue weighted by molar-refractivity contribution is -0.291. The van der Waals surface area contributed by atoms with Crippen molar-refractivity contribution in [2.24, 2.45) is 39.4 Å². The summed E-state index contributed by atoms with van der Waals surface area (Å²) >= 11 is 0. The van der Waals surface area contributed by atoms with Crippen LogP contribution in [0.2, 0.25) is 0 Å². The molecule has 13 atom stereocenters. The highest BCUT2D eigenvalue weighted by Gasteiger charge is 2.74. The Balaban J connectivity index is 1.51. The first-order chi connectivity index (χ1) is 22.4. The van der Waals surface area contributed by atoms with Crippen LogP contribution < -0.4 is 0 Å². The first kappa shape index (κ1) is 38.2. The molecule has 0 bridgehead atoms. The molecule has 0 aromatic heterocycles. The maximum atomic E-state index is 14.7. The van der Waals surface area contributed by atoms with Gasteiger partial charge >= 0.3 is 0 Å². The van der Waals surface area contributed by atoms with Crippen molar-refractivity contribution < 1.29 is 59.6 Å². The van der Waals surface area contributed by atoms with Gasteiger partial charge in [-0.2, -0.15) is 0 Å². The summed E-state index contributed by atoms with van der Waals surface area (Å²) in [6.07, 6.45) is -4.02. The maximum Gasteiger partial charge on any atom is 0.229 e. The van der Waals surface area contributed by atoms with E-state index in [1.165, 1.54) is 6.92 Å². The summed E-state index contributed by atoms with van der Waals surface area (Å²) < 4.78 is 11.5. The maximum absolute atomic E-state index is 14.7. The minimum Gasteiger partial charge on any atom is -0.459 e. The van der Waals surface area contributed by atoms with Crippen LogP contribution in [0.25, 0.3) is 0 Å². The number of aliphatic hydroxyl groups is 7. The largest absolute Gasteiger partial charge is 0.459 e. The predicted octanol–water partition coefficient (Wildman–Crippen LogP) is 1.49. The molecule has 276 valence electrons. The summed E-state index contributed by atoms with van der Waals surface area (Å²) in [5.41, 5.74) is -6.07. The molecule has 7 N–H and O–H groups in total. The minimum atomic E-state index is -1.93. The lowest BCUT2D eigenvalue weighted by Gasteiger charge is -2.63. The van der Waals surface area contributed by atoms with Crippen LogP contribution in [0.3, 0.4) is 0 Å². The van der Waals surface area contributed by atoms with Crippen molar-refractivity contribution >= 4 is 17.3 Å². The van der Waals surface area contributed by atoms with Crippen LogP contribution in [0.1, 0.15) is 93.9 Å². The Hall–Kier alpha value is -2.03. The van der Waals surface area contributed by atoms with E-state index < -0.39 is 99.7 Å². The summed E-state index contributed by atoms with van der Waals surface area (Å²) in [6, 6.07) is 0. The van der Waals surface area contributed by atoms with Crippen LogP contribution in [0, 0.1) is 39.4 Å². The average Bonchev–Trinajstić information content (AvgIpc) is 3.20. The molecule has 1 aliphatic heterocycles. The minimum absolute atomic E-state index is 0.0153. The first-order valence-corrected chi connectivity index (χ1v) is 17.5. The van der Waals surface area contributed by atoms with Crippen molar-refractivity contribution in [3.05, 3.63) is 23.5 Å². The molecular formula is C37H56O12. The van der Waals surface area contributed by atoms with Gasteiger partial charge in [0, 0.05) is 30.1 Å². The average molecular weight is 693 g/mol. The van der Waals surface area contributed by atoms with E-state index in [1.807, 2.05) is 26.8 Å². The predicted molar refractivity (Wildman–Crippen MR) is 175 cm³/mol. The number of allylic oxidation sites excluding steroid dienone is 4. The van der Waals surface area contributed by atoms with Gasteiger partial charge in [0.25, 0.3) is 0 Å². The van der Waals surface area contributed by atoms with Crippen molar-refractivity contribution in [1.82, 2.24) is 0 Å².